The average molecular weight is 435 g/mol. The van der Waals surface area contributed by atoms with Gasteiger partial charge < -0.3 is 15.2 Å². The number of hydrogen-bond donors (Lipinski definition) is 2. The number of H-pyrrole nitrogens is 1. The molecule has 1 aromatic heterocycles. The van der Waals surface area contributed by atoms with Crippen LogP contribution in [0.1, 0.15) is 61.0 Å². The summed E-state index contributed by atoms with van der Waals surface area (Å²) < 4.78 is 0. The molecule has 0 radical (unpaired) electrons. The predicted molar refractivity (Wildman–Crippen MR) is 125 cm³/mol. The summed E-state index contributed by atoms with van der Waals surface area (Å²) in [5, 5.41) is 3.01. The van der Waals surface area contributed by atoms with Crippen LogP contribution < -0.4 is 15.8 Å². The number of hydrogen-bond acceptors (Lipinski definition) is 3. The molecule has 2 heterocycles. The zero-order chi connectivity index (χ0) is 22.8. The first-order chi connectivity index (χ1) is 15.3. The van der Waals surface area contributed by atoms with Crippen molar-refractivity contribution in [3.63, 3.8) is 0 Å². The summed E-state index contributed by atoms with van der Waals surface area (Å²) in [6.45, 7) is 5.91. The van der Waals surface area contributed by atoms with Crippen molar-refractivity contribution in [1.29, 1.82) is 0 Å². The number of aliphatic imine (C=N–C) groups is 1. The minimum absolute atomic E-state index is 0.00415. The van der Waals surface area contributed by atoms with E-state index in [0.717, 1.165) is 42.5 Å². The van der Waals surface area contributed by atoms with Gasteiger partial charge in [0.05, 0.1) is 5.69 Å². The summed E-state index contributed by atoms with van der Waals surface area (Å²) in [5.41, 5.74) is 3.23. The van der Waals surface area contributed by atoms with Crippen LogP contribution in [-0.4, -0.2) is 34.7 Å². The summed E-state index contributed by atoms with van der Waals surface area (Å²) in [5.74, 6) is 0.499. The van der Waals surface area contributed by atoms with Crippen LogP contribution >= 0.6 is 0 Å². The van der Waals surface area contributed by atoms with Gasteiger partial charge in [-0.3, -0.25) is 14.4 Å². The van der Waals surface area contributed by atoms with E-state index in [9.17, 15) is 14.4 Å². The zero-order valence-corrected chi connectivity index (χ0v) is 18.9. The Morgan fingerprint density at radius 3 is 2.47 bits per heavy atom. The molecule has 1 aromatic carbocycles. The summed E-state index contributed by atoms with van der Waals surface area (Å²) in [6, 6.07) is 9.20. The molecule has 1 aliphatic carbocycles. The lowest BCUT2D eigenvalue weighted by Gasteiger charge is -2.36. The fraction of sp³-hybridized carbons (Fsp3) is 0.440. The highest BCUT2D eigenvalue weighted by atomic mass is 16.2. The number of anilines is 1. The second-order valence-corrected chi connectivity index (χ2v) is 9.12. The van der Waals surface area contributed by atoms with Crippen molar-refractivity contribution < 1.29 is 9.59 Å². The average Bonchev–Trinajstić information content (AvgIpc) is 3.10. The number of benzene rings is 1. The molecule has 32 heavy (non-hydrogen) atoms. The van der Waals surface area contributed by atoms with Gasteiger partial charge in [-0.2, -0.15) is 4.99 Å². The standard InChI is InChI=1S/C25H30N4O3/c1-15(2)27-24(31)18-8-10-20(11-9-18)29-21-13-23(30)26-14-19(21)12-22(29)28-25(32)17-6-4-16(3)5-7-17/h4-7,13-15,18,20H,8-12H2,1-3H3,(H,26,30)(H,27,31). The lowest BCUT2D eigenvalue weighted by molar-refractivity contribution is -0.126. The third kappa shape index (κ3) is 4.66. The fourth-order valence-corrected chi connectivity index (χ4v) is 4.63. The molecule has 2 N–H and O–H groups in total. The number of rotatable bonds is 4. The van der Waals surface area contributed by atoms with Crippen LogP contribution in [0.5, 0.6) is 0 Å². The number of amidine groups is 1. The number of aromatic amines is 1. The molecule has 2 amide bonds. The Morgan fingerprint density at radius 2 is 1.81 bits per heavy atom. The van der Waals surface area contributed by atoms with Gasteiger partial charge in [0.1, 0.15) is 5.84 Å². The number of carbonyl (C=O) groups is 2. The molecule has 1 fully saturated rings. The van der Waals surface area contributed by atoms with Crippen LogP contribution in [0.25, 0.3) is 0 Å². The smallest absolute Gasteiger partial charge is 0.278 e. The summed E-state index contributed by atoms with van der Waals surface area (Å²) in [7, 11) is 0. The SMILES string of the molecule is Cc1ccc(C(=O)N=C2Cc3c[nH]c(=O)cc3N2C2CCC(C(=O)NC(C)C)CC2)cc1. The van der Waals surface area contributed by atoms with Gasteiger partial charge in [0.25, 0.3) is 5.91 Å². The van der Waals surface area contributed by atoms with E-state index in [4.69, 9.17) is 0 Å². The Morgan fingerprint density at radius 1 is 1.12 bits per heavy atom. The van der Waals surface area contributed by atoms with Crippen molar-refractivity contribution in [2.45, 2.75) is 65.0 Å². The van der Waals surface area contributed by atoms with E-state index in [0.29, 0.717) is 17.8 Å². The van der Waals surface area contributed by atoms with Crippen molar-refractivity contribution in [1.82, 2.24) is 10.3 Å². The lowest BCUT2D eigenvalue weighted by atomic mass is 9.84. The molecule has 2 aliphatic rings. The zero-order valence-electron chi connectivity index (χ0n) is 18.9. The maximum Gasteiger partial charge on any atom is 0.278 e. The van der Waals surface area contributed by atoms with Crippen LogP contribution in [0.15, 0.2) is 46.3 Å². The van der Waals surface area contributed by atoms with Crippen LogP contribution in [0, 0.1) is 12.8 Å². The largest absolute Gasteiger partial charge is 0.354 e. The van der Waals surface area contributed by atoms with Crippen molar-refractivity contribution in [3.8, 4) is 0 Å². The Balaban J connectivity index is 1.58. The van der Waals surface area contributed by atoms with Crippen molar-refractivity contribution >= 4 is 23.3 Å². The van der Waals surface area contributed by atoms with Gasteiger partial charge in [0.2, 0.25) is 11.5 Å². The molecule has 0 spiro atoms. The normalized spacial score (nSPS) is 21.6. The molecule has 0 unspecified atom stereocenters. The highest BCUT2D eigenvalue weighted by Crippen LogP contribution is 2.36. The van der Waals surface area contributed by atoms with Crippen molar-refractivity contribution in [2.24, 2.45) is 10.9 Å². The van der Waals surface area contributed by atoms with E-state index in [1.807, 2.05) is 32.9 Å². The molecule has 4 rings (SSSR count). The van der Waals surface area contributed by atoms with E-state index in [2.05, 4.69) is 20.2 Å². The number of carbonyl (C=O) groups excluding carboxylic acids is 2. The number of aromatic nitrogens is 1. The fourth-order valence-electron chi connectivity index (χ4n) is 4.63. The number of pyridine rings is 1. The summed E-state index contributed by atoms with van der Waals surface area (Å²) in [6.07, 6.45) is 5.37. The van der Waals surface area contributed by atoms with Gasteiger partial charge >= 0.3 is 0 Å². The molecule has 7 heteroatoms. The lowest BCUT2D eigenvalue weighted by Crippen LogP contribution is -2.44. The van der Waals surface area contributed by atoms with Crippen LogP contribution in [-0.2, 0) is 11.2 Å². The number of nitrogens with zero attached hydrogens (tertiary/aromatic N) is 2. The molecule has 168 valence electrons. The maximum atomic E-state index is 12.9. The monoisotopic (exact) mass is 434 g/mol. The van der Waals surface area contributed by atoms with Gasteiger partial charge in [0, 0.05) is 42.2 Å². The number of aryl methyl sites for hydroxylation is 1. The second-order valence-electron chi connectivity index (χ2n) is 9.12. The first-order valence-corrected chi connectivity index (χ1v) is 11.3. The van der Waals surface area contributed by atoms with Crippen LogP contribution in [0.3, 0.4) is 0 Å². The quantitative estimate of drug-likeness (QED) is 0.771. The Labute approximate surface area is 187 Å². The Bertz CT molecular complexity index is 1090. The first kappa shape index (κ1) is 22.0. The molecular weight excluding hydrogens is 404 g/mol. The van der Waals surface area contributed by atoms with E-state index < -0.39 is 0 Å². The van der Waals surface area contributed by atoms with Gasteiger partial charge in [-0.1, -0.05) is 17.7 Å². The molecular formula is C25H30N4O3. The van der Waals surface area contributed by atoms with Crippen molar-refractivity contribution in [3.05, 3.63) is 63.6 Å². The summed E-state index contributed by atoms with van der Waals surface area (Å²) >= 11 is 0. The molecule has 1 saturated carbocycles. The van der Waals surface area contributed by atoms with Gasteiger partial charge in [-0.15, -0.1) is 0 Å². The summed E-state index contributed by atoms with van der Waals surface area (Å²) in [4.78, 5) is 46.6. The number of fused-ring (bicyclic) bond motifs is 1. The minimum Gasteiger partial charge on any atom is -0.354 e. The van der Waals surface area contributed by atoms with Gasteiger partial charge in [0.15, 0.2) is 0 Å². The molecule has 0 bridgehead atoms. The number of amides is 2. The molecule has 0 atom stereocenters. The Hall–Kier alpha value is -3.22. The predicted octanol–water partition coefficient (Wildman–Crippen LogP) is 3.37. The first-order valence-electron chi connectivity index (χ1n) is 11.3. The van der Waals surface area contributed by atoms with Crippen molar-refractivity contribution in [2.75, 3.05) is 4.90 Å². The highest BCUT2D eigenvalue weighted by Gasteiger charge is 2.36. The van der Waals surface area contributed by atoms with E-state index in [1.165, 1.54) is 0 Å². The van der Waals surface area contributed by atoms with Gasteiger partial charge in [-0.05, 0) is 64.2 Å². The maximum absolute atomic E-state index is 12.9. The third-order valence-corrected chi connectivity index (χ3v) is 6.26. The van der Waals surface area contributed by atoms with Crippen LogP contribution in [0.2, 0.25) is 0 Å². The topological polar surface area (TPSA) is 94.6 Å². The number of nitrogens with one attached hydrogen (secondary N) is 2. The third-order valence-electron chi connectivity index (χ3n) is 6.26. The molecule has 1 aliphatic heterocycles. The van der Waals surface area contributed by atoms with E-state index in [1.54, 1.807) is 24.4 Å². The second kappa shape index (κ2) is 9.10. The molecule has 0 saturated heterocycles. The van der Waals surface area contributed by atoms with E-state index in [-0.39, 0.29) is 35.4 Å². The van der Waals surface area contributed by atoms with Gasteiger partial charge in [-0.25, -0.2) is 0 Å². The van der Waals surface area contributed by atoms with E-state index >= 15 is 0 Å². The minimum atomic E-state index is -0.283. The Kier molecular flexibility index (Phi) is 6.26. The molecule has 2 aromatic rings. The van der Waals surface area contributed by atoms with Crippen LogP contribution in [0.4, 0.5) is 5.69 Å². The molecule has 7 nitrogen and oxygen atoms in total. The highest BCUT2D eigenvalue weighted by molar-refractivity contribution is 6.12.